The SMILES string of the molecule is CN(CC(=O)NC1CCCC1)C1CCNC1. The third-order valence-corrected chi connectivity index (χ3v) is 3.77. The van der Waals surface area contributed by atoms with Gasteiger partial charge in [-0.1, -0.05) is 12.8 Å². The smallest absolute Gasteiger partial charge is 0.234 e. The van der Waals surface area contributed by atoms with Gasteiger partial charge in [0.1, 0.15) is 0 Å². The number of amides is 1. The molecule has 0 aromatic carbocycles. The molecule has 92 valence electrons. The second kappa shape index (κ2) is 5.64. The Hall–Kier alpha value is -0.610. The van der Waals surface area contributed by atoms with Gasteiger partial charge in [-0.3, -0.25) is 9.69 Å². The fraction of sp³-hybridized carbons (Fsp3) is 0.917. The summed E-state index contributed by atoms with van der Waals surface area (Å²) in [6.07, 6.45) is 6.04. The van der Waals surface area contributed by atoms with E-state index in [4.69, 9.17) is 0 Å². The Bertz CT molecular complexity index is 232. The van der Waals surface area contributed by atoms with Crippen molar-refractivity contribution in [1.29, 1.82) is 0 Å². The van der Waals surface area contributed by atoms with E-state index in [1.54, 1.807) is 0 Å². The van der Waals surface area contributed by atoms with Gasteiger partial charge >= 0.3 is 0 Å². The summed E-state index contributed by atoms with van der Waals surface area (Å²) in [5.74, 6) is 0.196. The molecule has 0 aromatic heterocycles. The summed E-state index contributed by atoms with van der Waals surface area (Å²) in [5.41, 5.74) is 0. The Balaban J connectivity index is 1.68. The third kappa shape index (κ3) is 3.19. The second-order valence-corrected chi connectivity index (χ2v) is 5.11. The molecule has 2 fully saturated rings. The Morgan fingerprint density at radius 1 is 1.38 bits per heavy atom. The van der Waals surface area contributed by atoms with Crippen LogP contribution in [0.1, 0.15) is 32.1 Å². The van der Waals surface area contributed by atoms with Crippen molar-refractivity contribution in [3.05, 3.63) is 0 Å². The lowest BCUT2D eigenvalue weighted by atomic mass is 10.2. The van der Waals surface area contributed by atoms with Crippen LogP contribution < -0.4 is 10.6 Å². The fourth-order valence-electron chi connectivity index (χ4n) is 2.71. The number of nitrogens with zero attached hydrogens (tertiary/aromatic N) is 1. The van der Waals surface area contributed by atoms with E-state index in [1.807, 2.05) is 7.05 Å². The van der Waals surface area contributed by atoms with Crippen molar-refractivity contribution in [1.82, 2.24) is 15.5 Å². The average molecular weight is 225 g/mol. The number of hydrogen-bond acceptors (Lipinski definition) is 3. The summed E-state index contributed by atoms with van der Waals surface area (Å²) >= 11 is 0. The van der Waals surface area contributed by atoms with Crippen LogP contribution in [0.5, 0.6) is 0 Å². The van der Waals surface area contributed by atoms with Crippen molar-refractivity contribution in [2.45, 2.75) is 44.2 Å². The summed E-state index contributed by atoms with van der Waals surface area (Å²) in [4.78, 5) is 14.0. The van der Waals surface area contributed by atoms with E-state index in [-0.39, 0.29) is 5.91 Å². The van der Waals surface area contributed by atoms with E-state index in [0.29, 0.717) is 18.6 Å². The molecule has 1 saturated carbocycles. The molecule has 4 heteroatoms. The van der Waals surface area contributed by atoms with Gasteiger partial charge in [0.05, 0.1) is 6.54 Å². The first-order valence-corrected chi connectivity index (χ1v) is 6.46. The van der Waals surface area contributed by atoms with Crippen LogP contribution in [-0.2, 0) is 4.79 Å². The summed E-state index contributed by atoms with van der Waals surface area (Å²) in [5, 5.41) is 6.46. The maximum atomic E-state index is 11.8. The Kier molecular flexibility index (Phi) is 4.18. The van der Waals surface area contributed by atoms with Crippen molar-refractivity contribution in [2.75, 3.05) is 26.7 Å². The first-order chi connectivity index (χ1) is 7.75. The number of carbonyl (C=O) groups is 1. The van der Waals surface area contributed by atoms with Crippen molar-refractivity contribution in [3.8, 4) is 0 Å². The lowest BCUT2D eigenvalue weighted by Crippen LogP contribution is -2.44. The zero-order chi connectivity index (χ0) is 11.4. The monoisotopic (exact) mass is 225 g/mol. The molecule has 1 saturated heterocycles. The molecule has 1 atom stereocenters. The van der Waals surface area contributed by atoms with Crippen LogP contribution in [-0.4, -0.2) is 49.6 Å². The van der Waals surface area contributed by atoms with Gasteiger partial charge in [0, 0.05) is 18.6 Å². The topological polar surface area (TPSA) is 44.4 Å². The van der Waals surface area contributed by atoms with E-state index in [9.17, 15) is 4.79 Å². The van der Waals surface area contributed by atoms with E-state index >= 15 is 0 Å². The minimum Gasteiger partial charge on any atom is -0.352 e. The van der Waals surface area contributed by atoms with Gasteiger partial charge in [-0.25, -0.2) is 0 Å². The zero-order valence-electron chi connectivity index (χ0n) is 10.2. The van der Waals surface area contributed by atoms with E-state index in [0.717, 1.165) is 19.5 Å². The molecule has 0 spiro atoms. The van der Waals surface area contributed by atoms with Crippen molar-refractivity contribution in [2.24, 2.45) is 0 Å². The molecule has 16 heavy (non-hydrogen) atoms. The quantitative estimate of drug-likeness (QED) is 0.725. The van der Waals surface area contributed by atoms with Crippen LogP contribution in [0, 0.1) is 0 Å². The van der Waals surface area contributed by atoms with Crippen LogP contribution in [0.15, 0.2) is 0 Å². The molecule has 2 N–H and O–H groups in total. The standard InChI is InChI=1S/C12H23N3O/c1-15(11-6-7-13-8-11)9-12(16)14-10-4-2-3-5-10/h10-11,13H,2-9H2,1H3,(H,14,16). The van der Waals surface area contributed by atoms with Crippen LogP contribution in [0.2, 0.25) is 0 Å². The summed E-state index contributed by atoms with van der Waals surface area (Å²) < 4.78 is 0. The largest absolute Gasteiger partial charge is 0.352 e. The highest BCUT2D eigenvalue weighted by molar-refractivity contribution is 5.78. The van der Waals surface area contributed by atoms with Crippen molar-refractivity contribution >= 4 is 5.91 Å². The number of rotatable bonds is 4. The fourth-order valence-corrected chi connectivity index (χ4v) is 2.71. The predicted molar refractivity (Wildman–Crippen MR) is 64.3 cm³/mol. The van der Waals surface area contributed by atoms with E-state index < -0.39 is 0 Å². The molecule has 1 aliphatic heterocycles. The molecule has 0 aromatic rings. The average Bonchev–Trinajstić information content (AvgIpc) is 2.88. The van der Waals surface area contributed by atoms with Gasteiger partial charge in [-0.15, -0.1) is 0 Å². The molecule has 1 amide bonds. The summed E-state index contributed by atoms with van der Waals surface area (Å²) in [6.45, 7) is 2.65. The molecular weight excluding hydrogens is 202 g/mol. The third-order valence-electron chi connectivity index (χ3n) is 3.77. The molecule has 1 unspecified atom stereocenters. The van der Waals surface area contributed by atoms with Crippen LogP contribution in [0.25, 0.3) is 0 Å². The second-order valence-electron chi connectivity index (χ2n) is 5.11. The molecular formula is C12H23N3O. The molecule has 0 radical (unpaired) electrons. The first kappa shape index (κ1) is 11.9. The van der Waals surface area contributed by atoms with Gasteiger partial charge in [-0.2, -0.15) is 0 Å². The summed E-state index contributed by atoms with van der Waals surface area (Å²) in [6, 6.07) is 0.983. The first-order valence-electron chi connectivity index (χ1n) is 6.46. The van der Waals surface area contributed by atoms with Gasteiger partial charge in [0.25, 0.3) is 0 Å². The number of carbonyl (C=O) groups excluding carboxylic acids is 1. The highest BCUT2D eigenvalue weighted by Gasteiger charge is 2.22. The van der Waals surface area contributed by atoms with Crippen LogP contribution in [0.3, 0.4) is 0 Å². The van der Waals surface area contributed by atoms with Crippen LogP contribution in [0.4, 0.5) is 0 Å². The Morgan fingerprint density at radius 2 is 2.12 bits per heavy atom. The van der Waals surface area contributed by atoms with E-state index in [2.05, 4.69) is 15.5 Å². The minimum absolute atomic E-state index is 0.196. The van der Waals surface area contributed by atoms with Gasteiger partial charge in [0.15, 0.2) is 0 Å². The maximum absolute atomic E-state index is 11.8. The zero-order valence-corrected chi connectivity index (χ0v) is 10.2. The van der Waals surface area contributed by atoms with E-state index in [1.165, 1.54) is 25.7 Å². The Morgan fingerprint density at radius 3 is 2.75 bits per heavy atom. The van der Waals surface area contributed by atoms with Gasteiger partial charge in [0.2, 0.25) is 5.91 Å². The molecule has 2 aliphatic rings. The van der Waals surface area contributed by atoms with Gasteiger partial charge in [-0.05, 0) is 32.9 Å². The van der Waals surface area contributed by atoms with Crippen molar-refractivity contribution < 1.29 is 4.79 Å². The lowest BCUT2D eigenvalue weighted by molar-refractivity contribution is -0.123. The Labute approximate surface area is 97.8 Å². The normalized spacial score (nSPS) is 26.5. The highest BCUT2D eigenvalue weighted by Crippen LogP contribution is 2.17. The van der Waals surface area contributed by atoms with Crippen molar-refractivity contribution in [3.63, 3.8) is 0 Å². The van der Waals surface area contributed by atoms with Crippen LogP contribution >= 0.6 is 0 Å². The molecule has 1 aliphatic carbocycles. The highest BCUT2D eigenvalue weighted by atomic mass is 16.2. The predicted octanol–water partition coefficient (Wildman–Crippen LogP) is 0.339. The number of hydrogen-bond donors (Lipinski definition) is 2. The number of likely N-dealkylation sites (N-methyl/N-ethyl adjacent to an activating group) is 1. The molecule has 0 bridgehead atoms. The maximum Gasteiger partial charge on any atom is 0.234 e. The minimum atomic E-state index is 0.196. The summed E-state index contributed by atoms with van der Waals surface area (Å²) in [7, 11) is 2.05. The molecule has 4 nitrogen and oxygen atoms in total. The molecule has 2 rings (SSSR count). The lowest BCUT2D eigenvalue weighted by Gasteiger charge is -2.23. The molecule has 1 heterocycles. The number of nitrogens with one attached hydrogen (secondary N) is 2. The van der Waals surface area contributed by atoms with Gasteiger partial charge < -0.3 is 10.6 Å².